The summed E-state index contributed by atoms with van der Waals surface area (Å²) in [5.74, 6) is -2.25. The van der Waals surface area contributed by atoms with Crippen LogP contribution in [0.3, 0.4) is 0 Å². The molecule has 2 unspecified atom stereocenters. The Hall–Kier alpha value is -2.24. The number of aliphatic hydroxyl groups is 8. The Bertz CT molecular complexity index is 804. The number of carboxylic acid groups (broad SMARTS) is 1. The van der Waals surface area contributed by atoms with Crippen molar-refractivity contribution >= 4 is 11.9 Å². The number of carboxylic acids is 1. The lowest BCUT2D eigenvalue weighted by Gasteiger charge is -2.42. The molecule has 0 aliphatic carbocycles. The van der Waals surface area contributed by atoms with Gasteiger partial charge in [-0.25, -0.2) is 4.79 Å². The van der Waals surface area contributed by atoms with Crippen LogP contribution in [0.4, 0.5) is 0 Å². The Morgan fingerprint density at radius 3 is 2.15 bits per heavy atom. The molecule has 1 saturated heterocycles. The molecule has 0 radical (unpaired) electrons. The zero-order chi connectivity index (χ0) is 25.6. The van der Waals surface area contributed by atoms with Gasteiger partial charge in [0.2, 0.25) is 0 Å². The van der Waals surface area contributed by atoms with Gasteiger partial charge >= 0.3 is 5.97 Å². The minimum absolute atomic E-state index is 0.0247. The Kier molecular flexibility index (Phi) is 10.3. The van der Waals surface area contributed by atoms with E-state index in [1.807, 2.05) is 0 Å². The number of amides is 1. The average molecular weight is 491 g/mol. The van der Waals surface area contributed by atoms with Gasteiger partial charge in [0.1, 0.15) is 42.7 Å². The molecule has 1 aliphatic rings. The highest BCUT2D eigenvalue weighted by molar-refractivity contribution is 5.87. The van der Waals surface area contributed by atoms with E-state index in [1.165, 1.54) is 24.3 Å². The normalized spacial score (nSPS) is 28.5. The number of hydrogen-bond acceptors (Lipinski definition) is 12. The van der Waals surface area contributed by atoms with E-state index in [2.05, 4.69) is 5.32 Å². The standard InChI is InChI=1S/C20H29NO13/c22-6-10(24)17(34-20-16(29)13(26)12(25)11(7-23)33-20)14(27)15(28)18(30)21-5-8-1-3-9(4-2-8)19(31)32/h1-4,10-17,20,22-29H,5-7H2,(H,21,30)(H,31,32)/t10-,11-,12+,13+,14-,15-,16-,17?,20?/m1/s1. The van der Waals surface area contributed by atoms with E-state index in [0.717, 1.165) is 0 Å². The highest BCUT2D eigenvalue weighted by Gasteiger charge is 2.47. The maximum atomic E-state index is 12.3. The van der Waals surface area contributed by atoms with Gasteiger partial charge < -0.3 is 60.7 Å². The molecule has 10 N–H and O–H groups in total. The van der Waals surface area contributed by atoms with Crippen LogP contribution >= 0.6 is 0 Å². The van der Waals surface area contributed by atoms with E-state index in [1.54, 1.807) is 0 Å². The lowest BCUT2D eigenvalue weighted by atomic mass is 9.98. The smallest absolute Gasteiger partial charge is 0.335 e. The molecule has 0 saturated carbocycles. The van der Waals surface area contributed by atoms with Gasteiger partial charge in [0.15, 0.2) is 12.4 Å². The van der Waals surface area contributed by atoms with Crippen LogP contribution in [0, 0.1) is 0 Å². The average Bonchev–Trinajstić information content (AvgIpc) is 2.84. The fourth-order valence-corrected chi connectivity index (χ4v) is 3.23. The number of aromatic carboxylic acids is 1. The van der Waals surface area contributed by atoms with E-state index < -0.39 is 80.2 Å². The number of ether oxygens (including phenoxy) is 2. The second-order valence-corrected chi connectivity index (χ2v) is 7.70. The van der Waals surface area contributed by atoms with E-state index >= 15 is 0 Å². The third-order valence-electron chi connectivity index (χ3n) is 5.30. The summed E-state index contributed by atoms with van der Waals surface area (Å²) in [6.45, 7) is -1.92. The molecule has 0 aromatic heterocycles. The summed E-state index contributed by atoms with van der Waals surface area (Å²) < 4.78 is 10.3. The van der Waals surface area contributed by atoms with Crippen LogP contribution in [-0.2, 0) is 20.8 Å². The first-order valence-corrected chi connectivity index (χ1v) is 10.2. The van der Waals surface area contributed by atoms with Gasteiger partial charge in [-0.2, -0.15) is 0 Å². The molecule has 192 valence electrons. The summed E-state index contributed by atoms with van der Waals surface area (Å²) >= 11 is 0. The molecule has 34 heavy (non-hydrogen) atoms. The summed E-state index contributed by atoms with van der Waals surface area (Å²) in [7, 11) is 0. The zero-order valence-corrected chi connectivity index (χ0v) is 17.8. The minimum atomic E-state index is -2.20. The maximum absolute atomic E-state index is 12.3. The fraction of sp³-hybridized carbons (Fsp3) is 0.600. The van der Waals surface area contributed by atoms with Crippen LogP contribution in [0.25, 0.3) is 0 Å². The van der Waals surface area contributed by atoms with Gasteiger partial charge in [-0.05, 0) is 17.7 Å². The lowest BCUT2D eigenvalue weighted by Crippen LogP contribution is -2.62. The zero-order valence-electron chi connectivity index (χ0n) is 17.8. The second kappa shape index (κ2) is 12.5. The van der Waals surface area contributed by atoms with Gasteiger partial charge in [0, 0.05) is 6.54 Å². The number of benzene rings is 1. The molecular weight excluding hydrogens is 462 g/mol. The van der Waals surface area contributed by atoms with Crippen LogP contribution in [0.1, 0.15) is 15.9 Å². The van der Waals surface area contributed by atoms with Crippen molar-refractivity contribution in [3.8, 4) is 0 Å². The van der Waals surface area contributed by atoms with E-state index in [-0.39, 0.29) is 12.1 Å². The Morgan fingerprint density at radius 1 is 1.00 bits per heavy atom. The SMILES string of the molecule is O=C(O)c1ccc(CNC(=O)[C@H](O)[C@@H](O)C(OC2O[C@H](CO)[C@H](O)[C@H](O)[C@H]2O)[C@H](O)CO)cc1. The van der Waals surface area contributed by atoms with Crippen LogP contribution in [0.15, 0.2) is 24.3 Å². The molecule has 1 heterocycles. The van der Waals surface area contributed by atoms with Crippen molar-refractivity contribution in [2.24, 2.45) is 0 Å². The van der Waals surface area contributed by atoms with Crippen molar-refractivity contribution in [3.63, 3.8) is 0 Å². The number of hydrogen-bond donors (Lipinski definition) is 10. The summed E-state index contributed by atoms with van der Waals surface area (Å²) in [4.78, 5) is 23.2. The highest BCUT2D eigenvalue weighted by atomic mass is 16.7. The summed E-state index contributed by atoms with van der Waals surface area (Å²) in [5.41, 5.74) is 0.501. The third kappa shape index (κ3) is 6.67. The number of nitrogens with one attached hydrogen (secondary N) is 1. The lowest BCUT2D eigenvalue weighted by molar-refractivity contribution is -0.326. The van der Waals surface area contributed by atoms with Crippen LogP contribution in [-0.4, -0.2) is 126 Å². The van der Waals surface area contributed by atoms with Gasteiger partial charge in [-0.15, -0.1) is 0 Å². The summed E-state index contributed by atoms with van der Waals surface area (Å²) in [6, 6.07) is 5.45. The number of carbonyl (C=O) groups excluding carboxylic acids is 1. The van der Waals surface area contributed by atoms with Gasteiger partial charge in [0.05, 0.1) is 18.8 Å². The van der Waals surface area contributed by atoms with Crippen LogP contribution in [0.5, 0.6) is 0 Å². The minimum Gasteiger partial charge on any atom is -0.478 e. The van der Waals surface area contributed by atoms with E-state index in [4.69, 9.17) is 14.6 Å². The largest absolute Gasteiger partial charge is 0.478 e. The molecular formula is C20H29NO13. The van der Waals surface area contributed by atoms with Crippen molar-refractivity contribution in [1.82, 2.24) is 5.32 Å². The molecule has 1 aromatic rings. The van der Waals surface area contributed by atoms with Crippen molar-refractivity contribution < 1.29 is 65.0 Å². The number of rotatable bonds is 11. The molecule has 1 fully saturated rings. The molecule has 14 nitrogen and oxygen atoms in total. The maximum Gasteiger partial charge on any atom is 0.335 e. The molecule has 9 atom stereocenters. The fourth-order valence-electron chi connectivity index (χ4n) is 3.23. The van der Waals surface area contributed by atoms with Gasteiger partial charge in [0.25, 0.3) is 5.91 Å². The topological polar surface area (TPSA) is 247 Å². The molecule has 1 aromatic carbocycles. The number of aliphatic hydroxyl groups excluding tert-OH is 8. The molecule has 0 bridgehead atoms. The Labute approximate surface area is 193 Å². The predicted molar refractivity (Wildman–Crippen MR) is 109 cm³/mol. The first-order valence-electron chi connectivity index (χ1n) is 10.2. The third-order valence-corrected chi connectivity index (χ3v) is 5.30. The molecule has 0 spiro atoms. The van der Waals surface area contributed by atoms with E-state index in [9.17, 15) is 50.4 Å². The van der Waals surface area contributed by atoms with Crippen molar-refractivity contribution in [3.05, 3.63) is 35.4 Å². The second-order valence-electron chi connectivity index (χ2n) is 7.70. The number of carbonyl (C=O) groups is 2. The van der Waals surface area contributed by atoms with Crippen molar-refractivity contribution in [2.75, 3.05) is 13.2 Å². The monoisotopic (exact) mass is 491 g/mol. The predicted octanol–water partition coefficient (Wildman–Crippen LogP) is -4.74. The van der Waals surface area contributed by atoms with Crippen molar-refractivity contribution in [2.45, 2.75) is 61.7 Å². The Morgan fingerprint density at radius 2 is 1.62 bits per heavy atom. The molecule has 14 heteroatoms. The van der Waals surface area contributed by atoms with Crippen LogP contribution < -0.4 is 5.32 Å². The highest BCUT2D eigenvalue weighted by Crippen LogP contribution is 2.25. The molecule has 1 aliphatic heterocycles. The summed E-state index contributed by atoms with van der Waals surface area (Å²) in [6.07, 6.45) is -16.8. The van der Waals surface area contributed by atoms with E-state index in [0.29, 0.717) is 5.56 Å². The Balaban J connectivity index is 2.05. The molecule has 2 rings (SSSR count). The van der Waals surface area contributed by atoms with Crippen molar-refractivity contribution in [1.29, 1.82) is 0 Å². The van der Waals surface area contributed by atoms with Gasteiger partial charge in [-0.3, -0.25) is 4.79 Å². The quantitative estimate of drug-likeness (QED) is 0.140. The van der Waals surface area contributed by atoms with Crippen LogP contribution in [0.2, 0.25) is 0 Å². The first kappa shape index (κ1) is 28.0. The first-order chi connectivity index (χ1) is 16.0. The summed E-state index contributed by atoms with van der Waals surface area (Å²) in [5, 5.41) is 90.2. The van der Waals surface area contributed by atoms with Gasteiger partial charge in [-0.1, -0.05) is 12.1 Å². The molecule has 1 amide bonds.